The molecule has 0 radical (unpaired) electrons. The Morgan fingerprint density at radius 3 is 2.46 bits per heavy atom. The molecule has 1 aliphatic rings. The lowest BCUT2D eigenvalue weighted by Crippen LogP contribution is -2.40. The van der Waals surface area contributed by atoms with Gasteiger partial charge in [-0.2, -0.15) is 0 Å². The van der Waals surface area contributed by atoms with Gasteiger partial charge < -0.3 is 25.4 Å². The highest BCUT2D eigenvalue weighted by Crippen LogP contribution is 2.36. The molecule has 2 amide bonds. The minimum atomic E-state index is -1.13. The number of nitrogens with one attached hydrogen (secondary N) is 2. The smallest absolute Gasteiger partial charge is 0.341 e. The van der Waals surface area contributed by atoms with Gasteiger partial charge in [0.25, 0.3) is 0 Å². The highest BCUT2D eigenvalue weighted by atomic mass is 35.5. The first-order valence-corrected chi connectivity index (χ1v) is 12.0. The van der Waals surface area contributed by atoms with Gasteiger partial charge in [-0.25, -0.2) is 18.4 Å². The fourth-order valence-corrected chi connectivity index (χ4v) is 4.39. The predicted octanol–water partition coefficient (Wildman–Crippen LogP) is 6.52. The summed E-state index contributed by atoms with van der Waals surface area (Å²) in [5.41, 5.74) is 0.853. The Morgan fingerprint density at radius 2 is 1.80 bits per heavy atom. The number of rotatable bonds is 9. The quantitative estimate of drug-likeness (QED) is 0.335. The molecule has 0 atom stereocenters. The van der Waals surface area contributed by atoms with Crippen LogP contribution in [0.25, 0.3) is 0 Å². The van der Waals surface area contributed by atoms with Crippen LogP contribution >= 0.6 is 11.6 Å². The van der Waals surface area contributed by atoms with E-state index in [9.17, 15) is 18.4 Å². The van der Waals surface area contributed by atoms with Crippen molar-refractivity contribution < 1.29 is 28.2 Å². The largest absolute Gasteiger partial charge is 0.482 e. The minimum absolute atomic E-state index is 0.260. The molecule has 1 fully saturated rings. The zero-order chi connectivity index (χ0) is 25.5. The fourth-order valence-electron chi connectivity index (χ4n) is 4.23. The first kappa shape index (κ1) is 26.5. The number of amides is 2. The van der Waals surface area contributed by atoms with Crippen LogP contribution in [-0.2, 0) is 4.79 Å². The summed E-state index contributed by atoms with van der Waals surface area (Å²) in [4.78, 5) is 26.0. The normalized spacial score (nSPS) is 14.0. The maximum Gasteiger partial charge on any atom is 0.341 e. The number of ether oxygens (including phenoxy) is 1. The van der Waals surface area contributed by atoms with Crippen molar-refractivity contribution in [3.63, 3.8) is 0 Å². The zero-order valence-corrected chi connectivity index (χ0v) is 20.5. The van der Waals surface area contributed by atoms with Crippen LogP contribution in [0, 0.1) is 17.6 Å². The lowest BCUT2D eigenvalue weighted by atomic mass is 9.93. The minimum Gasteiger partial charge on any atom is -0.482 e. The molecule has 0 unspecified atom stereocenters. The van der Waals surface area contributed by atoms with E-state index >= 15 is 0 Å². The topological polar surface area (TPSA) is 90.9 Å². The second-order valence-electron chi connectivity index (χ2n) is 9.00. The summed E-state index contributed by atoms with van der Waals surface area (Å²) in [5, 5.41) is 13.3. The van der Waals surface area contributed by atoms with Crippen molar-refractivity contribution in [2.24, 2.45) is 5.92 Å². The molecule has 0 bridgehead atoms. The Balaban J connectivity index is 1.92. The fraction of sp³-hybridized carbons (Fsp3) is 0.440. The van der Waals surface area contributed by atoms with E-state index < -0.39 is 35.3 Å². The molecule has 1 saturated carbocycles. The third-order valence-electron chi connectivity index (χ3n) is 5.75. The molecule has 0 aliphatic heterocycles. The number of anilines is 3. The van der Waals surface area contributed by atoms with Crippen LogP contribution in [0.5, 0.6) is 5.75 Å². The molecular formula is C25H30ClF2N3O4. The van der Waals surface area contributed by atoms with E-state index in [0.717, 1.165) is 50.0 Å². The predicted molar refractivity (Wildman–Crippen MR) is 133 cm³/mol. The molecule has 10 heteroatoms. The van der Waals surface area contributed by atoms with Gasteiger partial charge in [0, 0.05) is 18.7 Å². The lowest BCUT2D eigenvalue weighted by molar-refractivity contribution is -0.139. The number of carbonyl (C=O) groups is 2. The summed E-state index contributed by atoms with van der Waals surface area (Å²) < 4.78 is 33.1. The number of benzene rings is 2. The monoisotopic (exact) mass is 509 g/mol. The second kappa shape index (κ2) is 12.1. The number of halogens is 3. The van der Waals surface area contributed by atoms with Gasteiger partial charge in [-0.3, -0.25) is 0 Å². The van der Waals surface area contributed by atoms with Crippen LogP contribution in [0.15, 0.2) is 30.3 Å². The van der Waals surface area contributed by atoms with E-state index in [1.807, 2.05) is 0 Å². The third kappa shape index (κ3) is 7.21. The maximum atomic E-state index is 14.3. The van der Waals surface area contributed by atoms with Gasteiger partial charge in [-0.15, -0.1) is 0 Å². The van der Waals surface area contributed by atoms with Crippen LogP contribution < -0.4 is 20.3 Å². The van der Waals surface area contributed by atoms with Crippen molar-refractivity contribution in [1.82, 2.24) is 0 Å². The van der Waals surface area contributed by atoms with E-state index in [1.54, 1.807) is 18.2 Å². The van der Waals surface area contributed by atoms with Crippen molar-refractivity contribution in [3.05, 3.63) is 47.0 Å². The second-order valence-corrected chi connectivity index (χ2v) is 9.38. The van der Waals surface area contributed by atoms with Crippen LogP contribution in [0.1, 0.15) is 46.0 Å². The van der Waals surface area contributed by atoms with E-state index in [0.29, 0.717) is 11.6 Å². The highest BCUT2D eigenvalue weighted by Gasteiger charge is 2.25. The summed E-state index contributed by atoms with van der Waals surface area (Å²) in [6.45, 7) is 4.43. The molecule has 0 saturated heterocycles. The molecule has 35 heavy (non-hydrogen) atoms. The molecule has 2 aromatic carbocycles. The number of nitrogens with zero attached hydrogens (tertiary/aromatic N) is 1. The van der Waals surface area contributed by atoms with E-state index in [4.69, 9.17) is 21.4 Å². The lowest BCUT2D eigenvalue weighted by Gasteiger charge is -2.38. The summed E-state index contributed by atoms with van der Waals surface area (Å²) in [6.07, 6.45) is 5.47. The van der Waals surface area contributed by atoms with Crippen LogP contribution in [0.3, 0.4) is 0 Å². The number of aliphatic carboxylic acids is 1. The SMILES string of the molecule is CC(C)CN(c1ccc(OCC(=O)O)cc1NC(=O)Nc1ccc(F)c(Cl)c1F)C1CCCCC1. The summed E-state index contributed by atoms with van der Waals surface area (Å²) in [5.74, 6) is -2.54. The number of hydrogen-bond donors (Lipinski definition) is 3. The van der Waals surface area contributed by atoms with Gasteiger partial charge in [0.1, 0.15) is 16.6 Å². The number of carboxylic acids is 1. The molecule has 3 rings (SSSR count). The zero-order valence-electron chi connectivity index (χ0n) is 19.7. The average Bonchev–Trinajstić information content (AvgIpc) is 2.82. The summed E-state index contributed by atoms with van der Waals surface area (Å²) >= 11 is 5.62. The van der Waals surface area contributed by atoms with Gasteiger partial charge >= 0.3 is 12.0 Å². The van der Waals surface area contributed by atoms with Crippen molar-refractivity contribution >= 4 is 40.7 Å². The van der Waals surface area contributed by atoms with Crippen molar-refractivity contribution in [2.75, 3.05) is 28.7 Å². The van der Waals surface area contributed by atoms with Crippen molar-refractivity contribution in [3.8, 4) is 5.75 Å². The molecule has 1 aliphatic carbocycles. The maximum absolute atomic E-state index is 14.3. The molecule has 3 N–H and O–H groups in total. The standard InChI is InChI=1S/C25H30ClF2N3O4/c1-15(2)13-31(16-6-4-3-5-7-16)21-11-8-17(35-14-22(32)33)12-20(21)30-25(34)29-19-10-9-18(27)23(26)24(19)28/h8-12,15-16H,3-7,13-14H2,1-2H3,(H,32,33)(H2,29,30,34). The van der Waals surface area contributed by atoms with Gasteiger partial charge in [0.2, 0.25) is 0 Å². The number of carboxylic acid groups (broad SMARTS) is 1. The van der Waals surface area contributed by atoms with E-state index in [2.05, 4.69) is 29.4 Å². The van der Waals surface area contributed by atoms with Gasteiger partial charge in [0.05, 0.1) is 17.1 Å². The van der Waals surface area contributed by atoms with E-state index in [1.165, 1.54) is 6.42 Å². The van der Waals surface area contributed by atoms with Crippen molar-refractivity contribution in [2.45, 2.75) is 52.0 Å². The third-order valence-corrected chi connectivity index (χ3v) is 6.10. The summed E-state index contributed by atoms with van der Waals surface area (Å²) in [6, 6.07) is 6.56. The molecular weight excluding hydrogens is 480 g/mol. The number of carbonyl (C=O) groups excluding carboxylic acids is 1. The first-order chi connectivity index (χ1) is 16.7. The van der Waals surface area contributed by atoms with Crippen LogP contribution in [-0.4, -0.2) is 36.3 Å². The van der Waals surface area contributed by atoms with Gasteiger partial charge in [-0.1, -0.05) is 44.7 Å². The summed E-state index contributed by atoms with van der Waals surface area (Å²) in [7, 11) is 0. The molecule has 190 valence electrons. The molecule has 0 aromatic heterocycles. The molecule has 7 nitrogen and oxygen atoms in total. The molecule has 0 spiro atoms. The van der Waals surface area contributed by atoms with Crippen LogP contribution in [0.2, 0.25) is 5.02 Å². The van der Waals surface area contributed by atoms with Gasteiger partial charge in [0.15, 0.2) is 12.4 Å². The van der Waals surface area contributed by atoms with Crippen molar-refractivity contribution in [1.29, 1.82) is 0 Å². The molecule has 0 heterocycles. The molecule has 2 aromatic rings. The Bertz CT molecular complexity index is 1060. The Kier molecular flexibility index (Phi) is 9.14. The number of urea groups is 1. The highest BCUT2D eigenvalue weighted by molar-refractivity contribution is 6.31. The Morgan fingerprint density at radius 1 is 1.11 bits per heavy atom. The van der Waals surface area contributed by atoms with Crippen LogP contribution in [0.4, 0.5) is 30.6 Å². The Labute approximate surface area is 208 Å². The van der Waals surface area contributed by atoms with Gasteiger partial charge in [-0.05, 0) is 43.0 Å². The Hall–Kier alpha value is -3.07. The average molecular weight is 510 g/mol. The number of hydrogen-bond acceptors (Lipinski definition) is 4. The van der Waals surface area contributed by atoms with E-state index in [-0.39, 0.29) is 17.5 Å². The first-order valence-electron chi connectivity index (χ1n) is 11.6.